The van der Waals surface area contributed by atoms with Gasteiger partial charge in [-0.25, -0.2) is 27.9 Å². The Labute approximate surface area is 157 Å². The Balaban J connectivity index is 1.42. The molecular formula is C10H12N5O10P3-2. The lowest BCUT2D eigenvalue weighted by Gasteiger charge is -2.38. The number of fused-ring (bicyclic) bond motifs is 1. The Bertz CT molecular complexity index is 964. The number of imidazole rings is 1. The molecule has 4 heterocycles. The number of anilines is 1. The number of aliphatic hydroxyl groups excluding tert-OH is 1. The van der Waals surface area contributed by atoms with Crippen molar-refractivity contribution < 1.29 is 46.2 Å². The third-order valence-corrected chi connectivity index (χ3v) is 8.41. The van der Waals surface area contributed by atoms with Crippen molar-refractivity contribution in [2.75, 3.05) is 12.3 Å². The van der Waals surface area contributed by atoms with Gasteiger partial charge in [0.15, 0.2) is 11.5 Å². The van der Waals surface area contributed by atoms with Crippen LogP contribution in [0.25, 0.3) is 11.2 Å². The number of hydrogen-bond acceptors (Lipinski definition) is 14. The molecule has 0 aromatic carbocycles. The van der Waals surface area contributed by atoms with E-state index in [0.717, 1.165) is 0 Å². The van der Waals surface area contributed by atoms with Crippen LogP contribution >= 0.6 is 24.2 Å². The van der Waals surface area contributed by atoms with Crippen molar-refractivity contribution in [3.8, 4) is 0 Å². The van der Waals surface area contributed by atoms with Crippen molar-refractivity contribution in [2.45, 2.75) is 24.9 Å². The van der Waals surface area contributed by atoms with E-state index in [4.69, 9.17) is 15.0 Å². The molecule has 0 aliphatic carbocycles. The molecule has 2 aliphatic heterocycles. The molecule has 2 fully saturated rings. The molecule has 18 heteroatoms. The second-order valence-electron chi connectivity index (χ2n) is 5.67. The van der Waals surface area contributed by atoms with Gasteiger partial charge in [0.2, 0.25) is 0 Å². The highest BCUT2D eigenvalue weighted by Gasteiger charge is 2.40. The van der Waals surface area contributed by atoms with Crippen molar-refractivity contribution in [1.29, 1.82) is 0 Å². The van der Waals surface area contributed by atoms with Crippen LogP contribution in [0.3, 0.4) is 0 Å². The van der Waals surface area contributed by atoms with E-state index in [2.05, 4.69) is 27.9 Å². The zero-order chi connectivity index (χ0) is 20.1. The van der Waals surface area contributed by atoms with Crippen LogP contribution < -0.4 is 15.5 Å². The van der Waals surface area contributed by atoms with Gasteiger partial charge in [0.1, 0.15) is 24.2 Å². The van der Waals surface area contributed by atoms with Crippen molar-refractivity contribution in [1.82, 2.24) is 19.5 Å². The van der Waals surface area contributed by atoms with E-state index < -0.39 is 49.3 Å². The molecule has 154 valence electrons. The highest BCUT2D eigenvalue weighted by atomic mass is 31.3. The lowest BCUT2D eigenvalue weighted by Crippen LogP contribution is -2.26. The molecule has 2 aromatic rings. The molecule has 3 N–H and O–H groups in total. The average Bonchev–Trinajstić information content (AvgIpc) is 3.14. The molecule has 2 saturated heterocycles. The standard InChI is InChI=1S/C10H14N5O10P3/c11-9-8-10(13-3-12-9)15(4-14-8)7-1-5(16)6(22-7)2-21-26-23-27(17,18)25-28(19,20)24-26/h3-7,16H,1-2H2,(H,17,18)(H,19,20)(H2,11,12,13)/p-2. The molecule has 5 unspecified atom stereocenters. The zero-order valence-electron chi connectivity index (χ0n) is 13.6. The molecule has 0 bridgehead atoms. The lowest BCUT2D eigenvalue weighted by atomic mass is 10.2. The highest BCUT2D eigenvalue weighted by molar-refractivity contribution is 7.71. The smallest absolute Gasteiger partial charge is 0.346 e. The summed E-state index contributed by atoms with van der Waals surface area (Å²) in [5, 5.41) is 10.2. The van der Waals surface area contributed by atoms with Gasteiger partial charge in [-0.1, -0.05) is 0 Å². The first-order chi connectivity index (χ1) is 13.1. The molecule has 0 saturated carbocycles. The van der Waals surface area contributed by atoms with E-state index in [1.165, 1.54) is 12.7 Å². The predicted octanol–water partition coefficient (Wildman–Crippen LogP) is -0.699. The van der Waals surface area contributed by atoms with Crippen LogP contribution in [0.2, 0.25) is 0 Å². The van der Waals surface area contributed by atoms with Gasteiger partial charge >= 0.3 is 8.60 Å². The number of aromatic nitrogens is 4. The summed E-state index contributed by atoms with van der Waals surface area (Å²) in [6.45, 7) is -0.410. The fourth-order valence-electron chi connectivity index (χ4n) is 2.63. The largest absolute Gasteiger partial charge is 0.756 e. The first-order valence-corrected chi connectivity index (χ1v) is 11.6. The SMILES string of the molecule is Nc1ncnc2c1ncn2C1CC(O)C(COP2OP(=O)([O-])OP(=O)([O-])O2)O1. The number of aliphatic hydroxyl groups is 1. The summed E-state index contributed by atoms with van der Waals surface area (Å²) < 4.78 is 47.1. The molecular weight excluding hydrogens is 443 g/mol. The van der Waals surface area contributed by atoms with Gasteiger partial charge < -0.3 is 29.9 Å². The summed E-state index contributed by atoms with van der Waals surface area (Å²) in [5.41, 5.74) is 6.49. The number of phosphoric acid groups is 2. The van der Waals surface area contributed by atoms with Gasteiger partial charge in [0.25, 0.3) is 15.6 Å². The monoisotopic (exact) mass is 455 g/mol. The highest BCUT2D eigenvalue weighted by Crippen LogP contribution is 2.73. The molecule has 5 atom stereocenters. The van der Waals surface area contributed by atoms with Crippen LogP contribution in [0.1, 0.15) is 12.6 Å². The van der Waals surface area contributed by atoms with E-state index in [1.54, 1.807) is 4.57 Å². The van der Waals surface area contributed by atoms with Gasteiger partial charge in [-0.3, -0.25) is 13.7 Å². The molecule has 28 heavy (non-hydrogen) atoms. The number of hydrogen-bond donors (Lipinski definition) is 2. The Morgan fingerprint density at radius 3 is 2.75 bits per heavy atom. The molecule has 2 aromatic heterocycles. The quantitative estimate of drug-likeness (QED) is 0.545. The Kier molecular flexibility index (Phi) is 5.28. The summed E-state index contributed by atoms with van der Waals surface area (Å²) in [6, 6.07) is 0. The second kappa shape index (κ2) is 7.31. The minimum atomic E-state index is -5.11. The summed E-state index contributed by atoms with van der Waals surface area (Å²) >= 11 is 0. The minimum Gasteiger partial charge on any atom is -0.756 e. The van der Waals surface area contributed by atoms with Gasteiger partial charge in [-0.15, -0.1) is 0 Å². The van der Waals surface area contributed by atoms with Crippen LogP contribution in [0, 0.1) is 0 Å². The fraction of sp³-hybridized carbons (Fsp3) is 0.500. The average molecular weight is 455 g/mol. The first-order valence-electron chi connectivity index (χ1n) is 7.56. The first kappa shape index (κ1) is 20.2. The van der Waals surface area contributed by atoms with Crippen LogP contribution in [-0.2, 0) is 31.3 Å². The molecule has 4 rings (SSSR count). The van der Waals surface area contributed by atoms with E-state index in [1.807, 2.05) is 0 Å². The van der Waals surface area contributed by atoms with Gasteiger partial charge in [-0.2, -0.15) is 0 Å². The maximum atomic E-state index is 11.3. The van der Waals surface area contributed by atoms with E-state index in [0.29, 0.717) is 11.2 Å². The van der Waals surface area contributed by atoms with Crippen molar-refractivity contribution in [2.24, 2.45) is 0 Å². The third-order valence-electron chi connectivity index (χ3n) is 3.78. The van der Waals surface area contributed by atoms with Crippen molar-refractivity contribution in [3.63, 3.8) is 0 Å². The third kappa shape index (κ3) is 4.11. The Hall–Kier alpha value is -1.08. The van der Waals surface area contributed by atoms with Crippen LogP contribution in [0.4, 0.5) is 5.82 Å². The number of nitrogen functional groups attached to an aromatic ring is 1. The predicted molar refractivity (Wildman–Crippen MR) is 85.6 cm³/mol. The number of nitrogens with zero attached hydrogens (tertiary/aromatic N) is 4. The van der Waals surface area contributed by atoms with Crippen LogP contribution in [0.5, 0.6) is 0 Å². The molecule has 0 spiro atoms. The van der Waals surface area contributed by atoms with Gasteiger partial charge in [-0.05, 0) is 0 Å². The van der Waals surface area contributed by atoms with Crippen LogP contribution in [0.15, 0.2) is 12.7 Å². The van der Waals surface area contributed by atoms with Crippen molar-refractivity contribution >= 4 is 41.2 Å². The van der Waals surface area contributed by atoms with E-state index in [9.17, 15) is 24.0 Å². The molecule has 0 radical (unpaired) electrons. The summed E-state index contributed by atoms with van der Waals surface area (Å²) in [4.78, 5) is 34.5. The lowest BCUT2D eigenvalue weighted by molar-refractivity contribution is -0.240. The molecule has 15 nitrogen and oxygen atoms in total. The Morgan fingerprint density at radius 1 is 1.32 bits per heavy atom. The van der Waals surface area contributed by atoms with E-state index in [-0.39, 0.29) is 12.2 Å². The number of ether oxygens (including phenoxy) is 1. The fourth-order valence-corrected chi connectivity index (χ4v) is 6.72. The normalized spacial score (nSPS) is 38.8. The van der Waals surface area contributed by atoms with E-state index >= 15 is 0 Å². The maximum Gasteiger partial charge on any atom is 0.346 e. The summed E-state index contributed by atoms with van der Waals surface area (Å²) in [6.07, 6.45) is 0.182. The molecule has 0 amide bonds. The van der Waals surface area contributed by atoms with Crippen LogP contribution in [-0.4, -0.2) is 43.4 Å². The molecule has 2 aliphatic rings. The topological polar surface area (TPSA) is 216 Å². The number of rotatable bonds is 4. The van der Waals surface area contributed by atoms with Crippen molar-refractivity contribution in [3.05, 3.63) is 12.7 Å². The maximum absolute atomic E-state index is 11.3. The second-order valence-corrected chi connectivity index (χ2v) is 10.1. The summed E-state index contributed by atoms with van der Waals surface area (Å²) in [5.74, 6) is 0.183. The minimum absolute atomic E-state index is 0.131. The van der Waals surface area contributed by atoms with Gasteiger partial charge in [0.05, 0.1) is 19.0 Å². The number of nitrogens with two attached hydrogens (primary N) is 1. The zero-order valence-corrected chi connectivity index (χ0v) is 16.3. The Morgan fingerprint density at radius 2 is 2.04 bits per heavy atom. The summed E-state index contributed by atoms with van der Waals surface area (Å²) in [7, 11) is -13.0. The van der Waals surface area contributed by atoms with Gasteiger partial charge in [0, 0.05) is 6.42 Å².